The number of carboxylic acids is 1. The minimum absolute atomic E-state index is 0.0698. The minimum atomic E-state index is -0.866. The van der Waals surface area contributed by atoms with Crippen LogP contribution in [-0.2, 0) is 4.79 Å². The molecule has 0 atom stereocenters. The monoisotopic (exact) mass is 272 g/mol. The quantitative estimate of drug-likeness (QED) is 0.445. The maximum absolute atomic E-state index is 11.5. The first-order valence-electron chi connectivity index (χ1n) is 5.25. The topological polar surface area (TPSA) is 110 Å². The molecule has 18 heavy (non-hydrogen) atoms. The lowest BCUT2D eigenvalue weighted by Crippen LogP contribution is -2.23. The number of aliphatic carboxylic acids is 1. The molecular formula is C10H12N2O5S. The second-order valence-corrected chi connectivity index (χ2v) is 4.56. The van der Waals surface area contributed by atoms with Crippen LogP contribution >= 0.6 is 11.3 Å². The van der Waals surface area contributed by atoms with Crippen molar-refractivity contribution >= 4 is 28.2 Å². The summed E-state index contributed by atoms with van der Waals surface area (Å²) in [5.41, 5.74) is 0. The van der Waals surface area contributed by atoms with Gasteiger partial charge in [-0.3, -0.25) is 19.7 Å². The number of rotatable bonds is 7. The lowest BCUT2D eigenvalue weighted by atomic mass is 10.2. The van der Waals surface area contributed by atoms with E-state index in [1.165, 1.54) is 12.1 Å². The number of carbonyl (C=O) groups excluding carboxylic acids is 1. The van der Waals surface area contributed by atoms with Crippen molar-refractivity contribution in [2.45, 2.75) is 19.3 Å². The van der Waals surface area contributed by atoms with Crippen molar-refractivity contribution in [3.63, 3.8) is 0 Å². The zero-order valence-corrected chi connectivity index (χ0v) is 10.2. The Hall–Kier alpha value is -1.96. The average molecular weight is 272 g/mol. The van der Waals surface area contributed by atoms with Crippen LogP contribution in [0, 0.1) is 10.1 Å². The Bertz CT molecular complexity index is 457. The van der Waals surface area contributed by atoms with Gasteiger partial charge in [0.2, 0.25) is 0 Å². The molecule has 0 fully saturated rings. The number of unbranched alkanes of at least 4 members (excludes halogenated alkanes) is 1. The molecule has 1 aromatic rings. The summed E-state index contributed by atoms with van der Waals surface area (Å²) in [6.07, 6.45) is 1.12. The van der Waals surface area contributed by atoms with Gasteiger partial charge in [0.05, 0.1) is 9.80 Å². The zero-order valence-electron chi connectivity index (χ0n) is 9.42. The number of hydrogen-bond donors (Lipinski definition) is 2. The van der Waals surface area contributed by atoms with Gasteiger partial charge in [-0.05, 0) is 18.9 Å². The van der Waals surface area contributed by atoms with Gasteiger partial charge in [-0.15, -0.1) is 0 Å². The van der Waals surface area contributed by atoms with E-state index in [2.05, 4.69) is 5.32 Å². The van der Waals surface area contributed by atoms with E-state index >= 15 is 0 Å². The summed E-state index contributed by atoms with van der Waals surface area (Å²) >= 11 is 0.813. The van der Waals surface area contributed by atoms with Crippen LogP contribution < -0.4 is 5.32 Å². The van der Waals surface area contributed by atoms with Gasteiger partial charge in [-0.2, -0.15) is 0 Å². The lowest BCUT2D eigenvalue weighted by molar-refractivity contribution is -0.380. The number of hydrogen-bond acceptors (Lipinski definition) is 5. The molecule has 0 saturated heterocycles. The van der Waals surface area contributed by atoms with E-state index in [0.717, 1.165) is 11.3 Å². The standard InChI is InChI=1S/C10H12N2O5S/c13-9(14)3-1-2-6-11-10(15)7-4-5-8(18-7)12(16)17/h4-5H,1-3,6H2,(H,11,15)(H,13,14). The van der Waals surface area contributed by atoms with E-state index in [1.807, 2.05) is 0 Å². The first-order valence-corrected chi connectivity index (χ1v) is 6.06. The zero-order chi connectivity index (χ0) is 13.5. The molecule has 0 bridgehead atoms. The summed E-state index contributed by atoms with van der Waals surface area (Å²) in [5.74, 6) is -1.24. The van der Waals surface area contributed by atoms with Crippen LogP contribution in [0.5, 0.6) is 0 Å². The first kappa shape index (κ1) is 14.1. The van der Waals surface area contributed by atoms with Crippen molar-refractivity contribution in [2.24, 2.45) is 0 Å². The molecule has 1 amide bonds. The van der Waals surface area contributed by atoms with E-state index in [9.17, 15) is 19.7 Å². The smallest absolute Gasteiger partial charge is 0.324 e. The van der Waals surface area contributed by atoms with Crippen LogP contribution in [0.4, 0.5) is 5.00 Å². The third-order valence-corrected chi connectivity index (χ3v) is 3.13. The second kappa shape index (κ2) is 6.70. The van der Waals surface area contributed by atoms with Gasteiger partial charge in [0, 0.05) is 19.0 Å². The summed E-state index contributed by atoms with van der Waals surface area (Å²) in [6.45, 7) is 0.359. The molecule has 0 saturated carbocycles. The Kier molecular flexibility index (Phi) is 5.25. The Balaban J connectivity index is 2.32. The van der Waals surface area contributed by atoms with Crippen LogP contribution in [-0.4, -0.2) is 28.5 Å². The predicted molar refractivity (Wildman–Crippen MR) is 64.8 cm³/mol. The maximum Gasteiger partial charge on any atom is 0.324 e. The SMILES string of the molecule is O=C(O)CCCCNC(=O)c1ccc([N+](=O)[O-])s1. The highest BCUT2D eigenvalue weighted by molar-refractivity contribution is 7.17. The summed E-state index contributed by atoms with van der Waals surface area (Å²) in [7, 11) is 0. The third kappa shape index (κ3) is 4.50. The van der Waals surface area contributed by atoms with Gasteiger partial charge in [0.25, 0.3) is 5.91 Å². The molecule has 1 heterocycles. The fraction of sp³-hybridized carbons (Fsp3) is 0.400. The molecule has 7 nitrogen and oxygen atoms in total. The molecule has 0 radical (unpaired) electrons. The van der Waals surface area contributed by atoms with E-state index in [4.69, 9.17) is 5.11 Å². The second-order valence-electron chi connectivity index (χ2n) is 3.50. The number of nitro groups is 1. The summed E-state index contributed by atoms with van der Waals surface area (Å²) in [4.78, 5) is 31.9. The van der Waals surface area contributed by atoms with Gasteiger partial charge in [-0.25, -0.2) is 0 Å². The molecule has 2 N–H and O–H groups in total. The van der Waals surface area contributed by atoms with Crippen LogP contribution in [0.2, 0.25) is 0 Å². The minimum Gasteiger partial charge on any atom is -0.481 e. The highest BCUT2D eigenvalue weighted by atomic mass is 32.1. The van der Waals surface area contributed by atoms with Crippen LogP contribution in [0.3, 0.4) is 0 Å². The molecule has 8 heteroatoms. The highest BCUT2D eigenvalue weighted by Crippen LogP contribution is 2.23. The van der Waals surface area contributed by atoms with Crippen molar-refractivity contribution in [1.29, 1.82) is 0 Å². The normalized spacial score (nSPS) is 10.0. The third-order valence-electron chi connectivity index (χ3n) is 2.10. The van der Waals surface area contributed by atoms with Gasteiger partial charge < -0.3 is 10.4 Å². The summed E-state index contributed by atoms with van der Waals surface area (Å²) in [6, 6.07) is 2.68. The first-order chi connectivity index (χ1) is 8.50. The van der Waals surface area contributed by atoms with E-state index < -0.39 is 10.9 Å². The number of nitrogens with one attached hydrogen (secondary N) is 1. The van der Waals surface area contributed by atoms with Crippen LogP contribution in [0.15, 0.2) is 12.1 Å². The molecule has 98 valence electrons. The van der Waals surface area contributed by atoms with E-state index in [-0.39, 0.29) is 22.2 Å². The molecule has 0 aliphatic rings. The van der Waals surface area contributed by atoms with Gasteiger partial charge in [0.1, 0.15) is 0 Å². The Labute approximate surface area is 107 Å². The number of thiophene rings is 1. The fourth-order valence-electron chi connectivity index (χ4n) is 1.24. The lowest BCUT2D eigenvalue weighted by Gasteiger charge is -2.01. The highest BCUT2D eigenvalue weighted by Gasteiger charge is 2.14. The largest absolute Gasteiger partial charge is 0.481 e. The number of nitrogens with zero attached hydrogens (tertiary/aromatic N) is 1. The molecule has 0 unspecified atom stereocenters. The van der Waals surface area contributed by atoms with E-state index in [1.54, 1.807) is 0 Å². The molecule has 1 rings (SSSR count). The van der Waals surface area contributed by atoms with Gasteiger partial charge in [-0.1, -0.05) is 11.3 Å². The van der Waals surface area contributed by atoms with Gasteiger partial charge in [0.15, 0.2) is 0 Å². The molecule has 0 aromatic carbocycles. The van der Waals surface area contributed by atoms with Gasteiger partial charge >= 0.3 is 11.0 Å². The Morgan fingerprint density at radius 1 is 1.39 bits per heavy atom. The molecule has 0 aliphatic heterocycles. The molecular weight excluding hydrogens is 260 g/mol. The van der Waals surface area contributed by atoms with Crippen molar-refractivity contribution in [3.05, 3.63) is 27.1 Å². The maximum atomic E-state index is 11.5. The van der Waals surface area contributed by atoms with Crippen molar-refractivity contribution in [3.8, 4) is 0 Å². The number of carbonyl (C=O) groups is 2. The van der Waals surface area contributed by atoms with Crippen LogP contribution in [0.25, 0.3) is 0 Å². The fourth-order valence-corrected chi connectivity index (χ4v) is 1.97. The van der Waals surface area contributed by atoms with Crippen LogP contribution in [0.1, 0.15) is 28.9 Å². The molecule has 0 spiro atoms. The van der Waals surface area contributed by atoms with Crippen molar-refractivity contribution < 1.29 is 19.6 Å². The average Bonchev–Trinajstić information content (AvgIpc) is 2.77. The van der Waals surface area contributed by atoms with E-state index in [0.29, 0.717) is 19.4 Å². The number of amides is 1. The molecule has 0 aliphatic carbocycles. The van der Waals surface area contributed by atoms with Crippen molar-refractivity contribution in [2.75, 3.05) is 6.54 Å². The predicted octanol–water partition coefficient (Wildman–Crippen LogP) is 1.64. The number of carboxylic acid groups (broad SMARTS) is 1. The summed E-state index contributed by atoms with van der Waals surface area (Å²) < 4.78 is 0. The van der Waals surface area contributed by atoms with Crippen molar-refractivity contribution in [1.82, 2.24) is 5.32 Å². The molecule has 1 aromatic heterocycles. The summed E-state index contributed by atoms with van der Waals surface area (Å²) in [5, 5.41) is 21.3. The Morgan fingerprint density at radius 3 is 2.67 bits per heavy atom. The Morgan fingerprint density at radius 2 is 2.11 bits per heavy atom.